The predicted octanol–water partition coefficient (Wildman–Crippen LogP) is 5.35. The van der Waals surface area contributed by atoms with Crippen LogP contribution in [0.5, 0.6) is 0 Å². The molecule has 0 saturated heterocycles. The number of rotatable bonds is 2. The lowest BCUT2D eigenvalue weighted by atomic mass is 10.0. The molecule has 0 radical (unpaired) electrons. The number of alkyl halides is 1. The van der Waals surface area contributed by atoms with E-state index in [9.17, 15) is 4.79 Å². The zero-order chi connectivity index (χ0) is 15.8. The van der Waals surface area contributed by atoms with Gasteiger partial charge in [-0.05, 0) is 22.4 Å². The Morgan fingerprint density at radius 2 is 1.70 bits per heavy atom. The van der Waals surface area contributed by atoms with E-state index in [0.717, 1.165) is 21.9 Å². The van der Waals surface area contributed by atoms with Gasteiger partial charge in [0.1, 0.15) is 11.3 Å². The summed E-state index contributed by atoms with van der Waals surface area (Å²) < 4.78 is 5.98. The van der Waals surface area contributed by atoms with Crippen molar-refractivity contribution in [2.24, 2.45) is 0 Å². The van der Waals surface area contributed by atoms with Crippen molar-refractivity contribution in [3.05, 3.63) is 82.5 Å². The van der Waals surface area contributed by atoms with Crippen LogP contribution in [0.2, 0.25) is 0 Å². The van der Waals surface area contributed by atoms with E-state index in [1.807, 2.05) is 60.7 Å². The Morgan fingerprint density at radius 1 is 0.913 bits per heavy atom. The molecule has 0 amide bonds. The molecular weight excluding hydrogens is 308 g/mol. The van der Waals surface area contributed by atoms with Crippen LogP contribution in [-0.4, -0.2) is 0 Å². The molecule has 0 saturated carbocycles. The first kappa shape index (κ1) is 14.0. The van der Waals surface area contributed by atoms with E-state index in [4.69, 9.17) is 16.0 Å². The van der Waals surface area contributed by atoms with Crippen molar-refractivity contribution in [1.29, 1.82) is 0 Å². The number of hydrogen-bond donors (Lipinski definition) is 0. The molecule has 1 heterocycles. The fraction of sp³-hybridized carbons (Fsp3) is 0.0500. The monoisotopic (exact) mass is 320 g/mol. The summed E-state index contributed by atoms with van der Waals surface area (Å²) in [5.74, 6) is 1.03. The average molecular weight is 321 g/mol. The van der Waals surface area contributed by atoms with Crippen LogP contribution in [0.15, 0.2) is 75.9 Å². The molecule has 0 unspecified atom stereocenters. The second-order valence-corrected chi connectivity index (χ2v) is 5.73. The predicted molar refractivity (Wildman–Crippen MR) is 95.0 cm³/mol. The van der Waals surface area contributed by atoms with Gasteiger partial charge >= 0.3 is 0 Å². The molecule has 0 aliphatic rings. The first-order valence-electron chi connectivity index (χ1n) is 7.37. The van der Waals surface area contributed by atoms with Crippen molar-refractivity contribution >= 4 is 33.3 Å². The summed E-state index contributed by atoms with van der Waals surface area (Å²) >= 11 is 5.81. The Balaban J connectivity index is 1.96. The molecule has 2 nitrogen and oxygen atoms in total. The third kappa shape index (κ3) is 2.41. The lowest BCUT2D eigenvalue weighted by molar-refractivity contribution is 0.619. The molecule has 0 N–H and O–H groups in total. The minimum absolute atomic E-state index is 0.0283. The van der Waals surface area contributed by atoms with Crippen LogP contribution in [0.25, 0.3) is 33.1 Å². The standard InChI is InChI=1S/C20H13ClO2/c21-12-13-5-7-15(8-6-13)19-11-17(22)20-16-4-2-1-3-14(16)9-10-18(20)23-19/h1-11H,12H2. The first-order valence-corrected chi connectivity index (χ1v) is 7.90. The molecule has 1 aromatic heterocycles. The van der Waals surface area contributed by atoms with Gasteiger partial charge < -0.3 is 4.42 Å². The minimum Gasteiger partial charge on any atom is -0.456 e. The van der Waals surface area contributed by atoms with Gasteiger partial charge in [0.2, 0.25) is 0 Å². The summed E-state index contributed by atoms with van der Waals surface area (Å²) in [5.41, 5.74) is 2.47. The van der Waals surface area contributed by atoms with E-state index < -0.39 is 0 Å². The van der Waals surface area contributed by atoms with E-state index in [2.05, 4.69) is 0 Å². The Labute approximate surface area is 137 Å². The summed E-state index contributed by atoms with van der Waals surface area (Å²) in [7, 11) is 0. The van der Waals surface area contributed by atoms with E-state index in [1.54, 1.807) is 6.07 Å². The van der Waals surface area contributed by atoms with Crippen molar-refractivity contribution in [2.45, 2.75) is 5.88 Å². The molecule has 3 heteroatoms. The van der Waals surface area contributed by atoms with Crippen LogP contribution >= 0.6 is 11.6 Å². The van der Waals surface area contributed by atoms with Gasteiger partial charge in [0.05, 0.1) is 5.39 Å². The van der Waals surface area contributed by atoms with Gasteiger partial charge in [0.25, 0.3) is 0 Å². The highest BCUT2D eigenvalue weighted by Gasteiger charge is 2.10. The second kappa shape index (κ2) is 5.56. The minimum atomic E-state index is -0.0283. The quantitative estimate of drug-likeness (QED) is 0.368. The molecule has 112 valence electrons. The molecule has 0 fully saturated rings. The van der Waals surface area contributed by atoms with Gasteiger partial charge in [0, 0.05) is 17.5 Å². The zero-order valence-electron chi connectivity index (χ0n) is 12.3. The highest BCUT2D eigenvalue weighted by atomic mass is 35.5. The zero-order valence-corrected chi connectivity index (χ0v) is 13.0. The summed E-state index contributed by atoms with van der Waals surface area (Å²) in [4.78, 5) is 12.6. The molecule has 0 aliphatic carbocycles. The van der Waals surface area contributed by atoms with E-state index >= 15 is 0 Å². The molecule has 3 aromatic carbocycles. The molecule has 0 bridgehead atoms. The summed E-state index contributed by atoms with van der Waals surface area (Å²) in [5, 5.41) is 2.58. The fourth-order valence-corrected chi connectivity index (χ4v) is 3.01. The first-order chi connectivity index (χ1) is 11.3. The van der Waals surface area contributed by atoms with Crippen LogP contribution < -0.4 is 5.43 Å². The van der Waals surface area contributed by atoms with Gasteiger partial charge in [0.15, 0.2) is 5.43 Å². The van der Waals surface area contributed by atoms with Crippen molar-refractivity contribution < 1.29 is 4.42 Å². The van der Waals surface area contributed by atoms with Crippen LogP contribution in [0.4, 0.5) is 0 Å². The lowest BCUT2D eigenvalue weighted by Gasteiger charge is -2.06. The maximum absolute atomic E-state index is 12.6. The number of fused-ring (bicyclic) bond motifs is 3. The molecule has 0 spiro atoms. The highest BCUT2D eigenvalue weighted by molar-refractivity contribution is 6.17. The van der Waals surface area contributed by atoms with E-state index in [1.165, 1.54) is 0 Å². The van der Waals surface area contributed by atoms with Gasteiger partial charge in [-0.15, -0.1) is 11.6 Å². The maximum Gasteiger partial charge on any atom is 0.193 e. The van der Waals surface area contributed by atoms with E-state index in [-0.39, 0.29) is 5.43 Å². The van der Waals surface area contributed by atoms with Crippen LogP contribution in [-0.2, 0) is 5.88 Å². The lowest BCUT2D eigenvalue weighted by Crippen LogP contribution is -2.01. The Hall–Kier alpha value is -2.58. The van der Waals surface area contributed by atoms with Gasteiger partial charge in [-0.2, -0.15) is 0 Å². The largest absolute Gasteiger partial charge is 0.456 e. The third-order valence-corrected chi connectivity index (χ3v) is 4.32. The van der Waals surface area contributed by atoms with E-state index in [0.29, 0.717) is 22.6 Å². The Kier molecular flexibility index (Phi) is 3.40. The molecule has 0 atom stereocenters. The van der Waals surface area contributed by atoms with Crippen LogP contribution in [0.3, 0.4) is 0 Å². The second-order valence-electron chi connectivity index (χ2n) is 5.47. The molecule has 23 heavy (non-hydrogen) atoms. The van der Waals surface area contributed by atoms with Crippen LogP contribution in [0, 0.1) is 0 Å². The topological polar surface area (TPSA) is 30.2 Å². The Morgan fingerprint density at radius 3 is 2.48 bits per heavy atom. The maximum atomic E-state index is 12.6. The highest BCUT2D eigenvalue weighted by Crippen LogP contribution is 2.27. The van der Waals surface area contributed by atoms with Crippen molar-refractivity contribution in [1.82, 2.24) is 0 Å². The molecule has 4 aromatic rings. The molecule has 0 aliphatic heterocycles. The van der Waals surface area contributed by atoms with Crippen molar-refractivity contribution in [3.8, 4) is 11.3 Å². The van der Waals surface area contributed by atoms with Gasteiger partial charge in [-0.3, -0.25) is 4.79 Å². The summed E-state index contributed by atoms with van der Waals surface area (Å²) in [6.07, 6.45) is 0. The fourth-order valence-electron chi connectivity index (χ4n) is 2.83. The molecule has 4 rings (SSSR count). The summed E-state index contributed by atoms with van der Waals surface area (Å²) in [6, 6.07) is 20.9. The number of halogens is 1. The summed E-state index contributed by atoms with van der Waals surface area (Å²) in [6.45, 7) is 0. The smallest absolute Gasteiger partial charge is 0.193 e. The van der Waals surface area contributed by atoms with Crippen LogP contribution in [0.1, 0.15) is 5.56 Å². The number of benzene rings is 3. The van der Waals surface area contributed by atoms with Crippen molar-refractivity contribution in [2.75, 3.05) is 0 Å². The van der Waals surface area contributed by atoms with Gasteiger partial charge in [-0.1, -0.05) is 54.6 Å². The van der Waals surface area contributed by atoms with Gasteiger partial charge in [-0.25, -0.2) is 0 Å². The third-order valence-electron chi connectivity index (χ3n) is 4.01. The normalized spacial score (nSPS) is 11.2. The number of hydrogen-bond acceptors (Lipinski definition) is 2. The average Bonchev–Trinajstić information content (AvgIpc) is 2.61. The SMILES string of the molecule is O=c1cc(-c2ccc(CCl)cc2)oc2ccc3ccccc3c12. The van der Waals surface area contributed by atoms with Crippen molar-refractivity contribution in [3.63, 3.8) is 0 Å². The molecular formula is C20H13ClO2. The Bertz CT molecular complexity index is 1060.